The third kappa shape index (κ3) is 4.91. The summed E-state index contributed by atoms with van der Waals surface area (Å²) in [6.45, 7) is 9.46. The van der Waals surface area contributed by atoms with Crippen LogP contribution in [0.25, 0.3) is 0 Å². The Kier molecular flexibility index (Phi) is 6.24. The number of aromatic nitrogens is 2. The molecule has 6 heteroatoms. The zero-order valence-corrected chi connectivity index (χ0v) is 15.6. The second-order valence-electron chi connectivity index (χ2n) is 7.60. The lowest BCUT2D eigenvalue weighted by Crippen LogP contribution is -2.45. The molecule has 3 heterocycles. The Bertz CT molecular complexity index is 547. The summed E-state index contributed by atoms with van der Waals surface area (Å²) in [4.78, 5) is 25.8. The predicted molar refractivity (Wildman–Crippen MR) is 99.9 cm³/mol. The lowest BCUT2D eigenvalue weighted by molar-refractivity contribution is 0.0921. The number of hydrogen-bond donors (Lipinski definition) is 1. The molecule has 2 saturated heterocycles. The van der Waals surface area contributed by atoms with E-state index in [1.54, 1.807) is 12.4 Å². The van der Waals surface area contributed by atoms with Crippen LogP contribution in [0.1, 0.15) is 56.3 Å². The summed E-state index contributed by atoms with van der Waals surface area (Å²) in [7, 11) is 0. The van der Waals surface area contributed by atoms with Crippen LogP contribution in [0.15, 0.2) is 12.4 Å². The molecule has 1 aromatic rings. The van der Waals surface area contributed by atoms with E-state index < -0.39 is 0 Å². The lowest BCUT2D eigenvalue weighted by atomic mass is 9.98. The fourth-order valence-electron chi connectivity index (χ4n) is 3.64. The van der Waals surface area contributed by atoms with E-state index in [-0.39, 0.29) is 5.91 Å². The molecule has 0 aliphatic carbocycles. The standard InChI is InChI=1S/C19H31N5O/c1-15-6-10-23(11-7-15)16(2)12-20-18(25)17-13-21-19(22-14-17)24-8-4-3-5-9-24/h13-16H,3-12H2,1-2H3,(H,20,25). The van der Waals surface area contributed by atoms with E-state index >= 15 is 0 Å². The number of amides is 1. The molecule has 0 spiro atoms. The van der Waals surface area contributed by atoms with E-state index in [0.29, 0.717) is 18.2 Å². The van der Waals surface area contributed by atoms with Crippen LogP contribution in [-0.2, 0) is 0 Å². The number of anilines is 1. The molecule has 1 amide bonds. The molecule has 1 aromatic heterocycles. The highest BCUT2D eigenvalue weighted by Crippen LogP contribution is 2.18. The number of piperidine rings is 2. The maximum Gasteiger partial charge on any atom is 0.254 e. The normalized spacial score (nSPS) is 21.1. The van der Waals surface area contributed by atoms with E-state index in [0.717, 1.165) is 38.0 Å². The molecule has 0 radical (unpaired) electrons. The first-order valence-corrected chi connectivity index (χ1v) is 9.72. The van der Waals surface area contributed by atoms with Crippen LogP contribution < -0.4 is 10.2 Å². The highest BCUT2D eigenvalue weighted by Gasteiger charge is 2.21. The fraction of sp³-hybridized carbons (Fsp3) is 0.737. The monoisotopic (exact) mass is 345 g/mol. The van der Waals surface area contributed by atoms with E-state index in [1.165, 1.54) is 32.1 Å². The van der Waals surface area contributed by atoms with E-state index in [4.69, 9.17) is 0 Å². The van der Waals surface area contributed by atoms with Crippen molar-refractivity contribution in [1.82, 2.24) is 20.2 Å². The van der Waals surface area contributed by atoms with Crippen molar-refractivity contribution >= 4 is 11.9 Å². The van der Waals surface area contributed by atoms with Crippen molar-refractivity contribution in [2.45, 2.75) is 52.0 Å². The Hall–Kier alpha value is -1.69. The van der Waals surface area contributed by atoms with Crippen molar-refractivity contribution < 1.29 is 4.79 Å². The van der Waals surface area contributed by atoms with Crippen molar-refractivity contribution in [2.24, 2.45) is 5.92 Å². The second kappa shape index (κ2) is 8.61. The summed E-state index contributed by atoms with van der Waals surface area (Å²) in [5.41, 5.74) is 0.542. The van der Waals surface area contributed by atoms with Crippen LogP contribution in [0.2, 0.25) is 0 Å². The highest BCUT2D eigenvalue weighted by atomic mass is 16.1. The maximum atomic E-state index is 12.3. The number of rotatable bonds is 5. The molecule has 138 valence electrons. The average Bonchev–Trinajstić information content (AvgIpc) is 2.67. The van der Waals surface area contributed by atoms with Gasteiger partial charge in [0.05, 0.1) is 5.56 Å². The number of likely N-dealkylation sites (tertiary alicyclic amines) is 1. The van der Waals surface area contributed by atoms with Gasteiger partial charge in [-0.3, -0.25) is 9.69 Å². The Morgan fingerprint density at radius 3 is 2.44 bits per heavy atom. The Balaban J connectivity index is 1.47. The minimum atomic E-state index is -0.0811. The topological polar surface area (TPSA) is 61.4 Å². The van der Waals surface area contributed by atoms with Crippen molar-refractivity contribution in [2.75, 3.05) is 37.6 Å². The smallest absolute Gasteiger partial charge is 0.254 e. The average molecular weight is 345 g/mol. The van der Waals surface area contributed by atoms with Gasteiger partial charge in [0.25, 0.3) is 5.91 Å². The quantitative estimate of drug-likeness (QED) is 0.887. The van der Waals surface area contributed by atoms with Gasteiger partial charge < -0.3 is 10.2 Å². The first-order valence-electron chi connectivity index (χ1n) is 9.72. The molecule has 1 atom stereocenters. The third-order valence-electron chi connectivity index (χ3n) is 5.54. The van der Waals surface area contributed by atoms with Crippen LogP contribution in [0.5, 0.6) is 0 Å². The number of carbonyl (C=O) groups excluding carboxylic acids is 1. The molecular formula is C19H31N5O. The van der Waals surface area contributed by atoms with Gasteiger partial charge in [0.15, 0.2) is 0 Å². The molecule has 1 unspecified atom stereocenters. The summed E-state index contributed by atoms with van der Waals surface area (Å²) in [5.74, 6) is 1.49. The molecule has 1 N–H and O–H groups in total. The van der Waals surface area contributed by atoms with Gasteiger partial charge in [0.2, 0.25) is 5.95 Å². The van der Waals surface area contributed by atoms with Crippen molar-refractivity contribution in [3.63, 3.8) is 0 Å². The Labute approximate surface area is 151 Å². The molecule has 0 saturated carbocycles. The van der Waals surface area contributed by atoms with Gasteiger partial charge in [-0.1, -0.05) is 6.92 Å². The van der Waals surface area contributed by atoms with E-state index in [9.17, 15) is 4.79 Å². The van der Waals surface area contributed by atoms with Gasteiger partial charge in [0, 0.05) is 38.1 Å². The molecule has 0 bridgehead atoms. The summed E-state index contributed by atoms with van der Waals surface area (Å²) in [6.07, 6.45) is 9.48. The van der Waals surface area contributed by atoms with Crippen LogP contribution >= 0.6 is 0 Å². The van der Waals surface area contributed by atoms with Gasteiger partial charge in [-0.25, -0.2) is 9.97 Å². The van der Waals surface area contributed by atoms with E-state index in [1.807, 2.05) is 0 Å². The van der Waals surface area contributed by atoms with Crippen LogP contribution in [0.3, 0.4) is 0 Å². The summed E-state index contributed by atoms with van der Waals surface area (Å²) in [6, 6.07) is 0.366. The first-order chi connectivity index (χ1) is 12.1. The van der Waals surface area contributed by atoms with Gasteiger partial charge in [-0.2, -0.15) is 0 Å². The highest BCUT2D eigenvalue weighted by molar-refractivity contribution is 5.93. The van der Waals surface area contributed by atoms with Gasteiger partial charge in [-0.15, -0.1) is 0 Å². The minimum absolute atomic E-state index is 0.0811. The van der Waals surface area contributed by atoms with Gasteiger partial charge >= 0.3 is 0 Å². The van der Waals surface area contributed by atoms with Crippen molar-refractivity contribution in [1.29, 1.82) is 0 Å². The molecule has 3 rings (SSSR count). The first kappa shape index (κ1) is 18.1. The predicted octanol–water partition coefficient (Wildman–Crippen LogP) is 2.32. The zero-order chi connectivity index (χ0) is 17.6. The van der Waals surface area contributed by atoms with Crippen LogP contribution in [0.4, 0.5) is 5.95 Å². The lowest BCUT2D eigenvalue weighted by Gasteiger charge is -2.35. The Morgan fingerprint density at radius 1 is 1.16 bits per heavy atom. The zero-order valence-electron chi connectivity index (χ0n) is 15.6. The van der Waals surface area contributed by atoms with Crippen molar-refractivity contribution in [3.8, 4) is 0 Å². The molecule has 2 aliphatic rings. The largest absolute Gasteiger partial charge is 0.350 e. The minimum Gasteiger partial charge on any atom is -0.350 e. The van der Waals surface area contributed by atoms with Gasteiger partial charge in [-0.05, 0) is 58.0 Å². The fourth-order valence-corrected chi connectivity index (χ4v) is 3.64. The summed E-state index contributed by atoms with van der Waals surface area (Å²) >= 11 is 0. The van der Waals surface area contributed by atoms with Crippen molar-refractivity contribution in [3.05, 3.63) is 18.0 Å². The number of carbonyl (C=O) groups is 1. The Morgan fingerprint density at radius 2 is 1.80 bits per heavy atom. The number of hydrogen-bond acceptors (Lipinski definition) is 5. The molecular weight excluding hydrogens is 314 g/mol. The molecule has 0 aromatic carbocycles. The third-order valence-corrected chi connectivity index (χ3v) is 5.54. The van der Waals surface area contributed by atoms with Crippen LogP contribution in [-0.4, -0.2) is 59.5 Å². The summed E-state index contributed by atoms with van der Waals surface area (Å²) in [5, 5.41) is 3.03. The number of nitrogens with one attached hydrogen (secondary N) is 1. The van der Waals surface area contributed by atoms with E-state index in [2.05, 4.69) is 38.9 Å². The maximum absolute atomic E-state index is 12.3. The van der Waals surface area contributed by atoms with Crippen LogP contribution in [0, 0.1) is 5.92 Å². The number of nitrogens with zero attached hydrogens (tertiary/aromatic N) is 4. The molecule has 25 heavy (non-hydrogen) atoms. The second-order valence-corrected chi connectivity index (χ2v) is 7.60. The molecule has 2 aliphatic heterocycles. The summed E-state index contributed by atoms with van der Waals surface area (Å²) < 4.78 is 0. The SMILES string of the molecule is CC1CCN(C(C)CNC(=O)c2cnc(N3CCCCC3)nc2)CC1. The molecule has 6 nitrogen and oxygen atoms in total. The molecule has 2 fully saturated rings. The van der Waals surface area contributed by atoms with Gasteiger partial charge in [0.1, 0.15) is 0 Å².